The van der Waals surface area contributed by atoms with Gasteiger partial charge in [-0.3, -0.25) is 19.1 Å². The maximum atomic E-state index is 14.7. The molecule has 2 aromatic heterocycles. The maximum Gasteiger partial charge on any atom is 0.408 e. The van der Waals surface area contributed by atoms with Crippen LogP contribution < -0.4 is 20.1 Å². The summed E-state index contributed by atoms with van der Waals surface area (Å²) in [6, 6.07) is 7.65. The summed E-state index contributed by atoms with van der Waals surface area (Å²) >= 11 is 0. The standard InChI is InChI=1S/C42H53N7O8S/c50-38-35-22-29(56-36-23-34(26-12-6-7-13-26)43-37-31-17-10-11-18-32(31)46-49(36)37)25-48(35)39(51)33(44-41(53)57-28-15-8-9-16-28)19-5-3-1-2-4-14-27-24-42(27,45-38)40(52)47-58(54,55)30-20-21-30/h4,10-11,14,17-18,23,26-30,33,35H,1-3,5-9,12-13,15-16,19-22,24-25H2,(H,44,53)(H,45,50)(H,47,52)/t27-,29-,33+,35+,42-/m1/s1. The largest absolute Gasteiger partial charge is 0.472 e. The van der Waals surface area contributed by atoms with E-state index in [0.29, 0.717) is 43.6 Å². The van der Waals surface area contributed by atoms with Crippen LogP contribution in [0, 0.1) is 5.92 Å². The van der Waals surface area contributed by atoms with Gasteiger partial charge in [0, 0.05) is 29.7 Å². The van der Waals surface area contributed by atoms with Gasteiger partial charge in [0.2, 0.25) is 27.7 Å². The summed E-state index contributed by atoms with van der Waals surface area (Å²) in [6.07, 6.45) is 14.7. The van der Waals surface area contributed by atoms with Crippen molar-refractivity contribution >= 4 is 50.4 Å². The van der Waals surface area contributed by atoms with E-state index in [1.807, 2.05) is 42.5 Å². The summed E-state index contributed by atoms with van der Waals surface area (Å²) in [5.41, 5.74) is 0.855. The Morgan fingerprint density at radius 1 is 0.914 bits per heavy atom. The third-order valence-corrected chi connectivity index (χ3v) is 14.9. The number of amides is 4. The molecule has 5 atom stereocenters. The molecule has 9 rings (SSSR count). The zero-order valence-corrected chi connectivity index (χ0v) is 33.6. The molecular weight excluding hydrogens is 763 g/mol. The number of sulfonamides is 1. The van der Waals surface area contributed by atoms with Gasteiger partial charge in [0.05, 0.1) is 23.0 Å². The van der Waals surface area contributed by atoms with Gasteiger partial charge in [0.25, 0.3) is 5.91 Å². The highest BCUT2D eigenvalue weighted by atomic mass is 32.2. The summed E-state index contributed by atoms with van der Waals surface area (Å²) in [5.74, 6) is -1.49. The molecule has 0 spiro atoms. The van der Waals surface area contributed by atoms with Crippen LogP contribution in [0.3, 0.4) is 0 Å². The second kappa shape index (κ2) is 15.8. The molecule has 1 saturated heterocycles. The molecule has 2 aliphatic heterocycles. The van der Waals surface area contributed by atoms with Crippen LogP contribution in [0.15, 0.2) is 42.5 Å². The fourth-order valence-electron chi connectivity index (χ4n) is 9.49. The smallest absolute Gasteiger partial charge is 0.408 e. The number of benzene rings is 1. The number of fused-ring (bicyclic) bond motifs is 5. The number of aromatic nitrogens is 3. The minimum Gasteiger partial charge on any atom is -0.472 e. The Labute approximate surface area is 338 Å². The number of carbonyl (C=O) groups is 4. The Morgan fingerprint density at radius 2 is 1.67 bits per heavy atom. The molecule has 5 fully saturated rings. The Morgan fingerprint density at radius 3 is 2.47 bits per heavy atom. The molecule has 1 aromatic carbocycles. The molecule has 16 heteroatoms. The number of ether oxygens (including phenoxy) is 2. The number of hydrogen-bond acceptors (Lipinski definition) is 10. The molecule has 0 radical (unpaired) electrons. The average molecular weight is 816 g/mol. The Balaban J connectivity index is 1.04. The Kier molecular flexibility index (Phi) is 10.6. The van der Waals surface area contributed by atoms with Crippen LogP contribution in [-0.4, -0.2) is 93.4 Å². The van der Waals surface area contributed by atoms with Crippen LogP contribution in [0.5, 0.6) is 5.88 Å². The SMILES string of the molecule is O=C(N[C@H]1CCCCCC=C[C@@H]2C[C@@]2(C(=O)NS(=O)(=O)C2CC2)NC(=O)[C@@H]2C[C@@H](Oc3cc(C4CCCC4)nc4c5ccccc5nn34)CN2C1=O)OC1CCCC1. The number of alkyl carbamates (subject to hydrolysis) is 1. The van der Waals surface area contributed by atoms with E-state index in [9.17, 15) is 27.6 Å². The van der Waals surface area contributed by atoms with Crippen LogP contribution in [0.25, 0.3) is 16.6 Å². The molecule has 0 unspecified atom stereocenters. The van der Waals surface area contributed by atoms with Crippen molar-refractivity contribution in [3.05, 3.63) is 48.2 Å². The van der Waals surface area contributed by atoms with Crippen molar-refractivity contribution in [3.8, 4) is 5.88 Å². The summed E-state index contributed by atoms with van der Waals surface area (Å²) in [6.45, 7) is 0.0225. The zero-order chi connectivity index (χ0) is 40.0. The first-order chi connectivity index (χ1) is 28.1. The van der Waals surface area contributed by atoms with Crippen LogP contribution in [0.1, 0.15) is 121 Å². The van der Waals surface area contributed by atoms with E-state index in [1.165, 1.54) is 4.90 Å². The van der Waals surface area contributed by atoms with Gasteiger partial charge in [-0.2, -0.15) is 9.61 Å². The van der Waals surface area contributed by atoms with Gasteiger partial charge < -0.3 is 25.0 Å². The van der Waals surface area contributed by atoms with E-state index in [4.69, 9.17) is 19.6 Å². The van der Waals surface area contributed by atoms with Crippen LogP contribution in [0.4, 0.5) is 4.79 Å². The quantitative estimate of drug-likeness (QED) is 0.263. The molecule has 3 aromatic rings. The van der Waals surface area contributed by atoms with Crippen molar-refractivity contribution < 1.29 is 37.1 Å². The van der Waals surface area contributed by atoms with E-state index in [1.54, 1.807) is 4.52 Å². The van der Waals surface area contributed by atoms with Gasteiger partial charge >= 0.3 is 6.09 Å². The highest BCUT2D eigenvalue weighted by Crippen LogP contribution is 2.46. The first-order valence-electron chi connectivity index (χ1n) is 21.4. The monoisotopic (exact) mass is 815 g/mol. The summed E-state index contributed by atoms with van der Waals surface area (Å²) < 4.78 is 42.3. The van der Waals surface area contributed by atoms with Gasteiger partial charge in [-0.05, 0) is 89.2 Å². The zero-order valence-electron chi connectivity index (χ0n) is 32.8. The molecule has 58 heavy (non-hydrogen) atoms. The minimum absolute atomic E-state index is 0.0225. The van der Waals surface area contributed by atoms with E-state index >= 15 is 0 Å². The van der Waals surface area contributed by atoms with Crippen molar-refractivity contribution in [1.29, 1.82) is 0 Å². The van der Waals surface area contributed by atoms with E-state index < -0.39 is 68.7 Å². The fraction of sp³-hybridized carbons (Fsp3) is 0.619. The molecule has 6 aliphatic rings. The van der Waals surface area contributed by atoms with Gasteiger partial charge in [-0.1, -0.05) is 50.0 Å². The normalized spacial score (nSPS) is 28.7. The van der Waals surface area contributed by atoms with Crippen molar-refractivity contribution in [3.63, 3.8) is 0 Å². The van der Waals surface area contributed by atoms with Gasteiger partial charge in [0.1, 0.15) is 29.8 Å². The number of allylic oxidation sites excluding steroid dienone is 1. The second-order valence-electron chi connectivity index (χ2n) is 17.3. The predicted molar refractivity (Wildman–Crippen MR) is 213 cm³/mol. The first-order valence-corrected chi connectivity index (χ1v) is 22.9. The van der Waals surface area contributed by atoms with Crippen molar-refractivity contribution in [1.82, 2.24) is 34.9 Å². The molecule has 4 saturated carbocycles. The predicted octanol–water partition coefficient (Wildman–Crippen LogP) is 4.93. The summed E-state index contributed by atoms with van der Waals surface area (Å²) in [5, 5.41) is 10.9. The second-order valence-corrected chi connectivity index (χ2v) is 19.2. The maximum absolute atomic E-state index is 14.7. The molecule has 4 aliphatic carbocycles. The Bertz CT molecular complexity index is 2230. The lowest BCUT2D eigenvalue weighted by Crippen LogP contribution is -2.58. The lowest BCUT2D eigenvalue weighted by Gasteiger charge is -2.30. The highest BCUT2D eigenvalue weighted by molar-refractivity contribution is 7.91. The van der Waals surface area contributed by atoms with Crippen LogP contribution in [0.2, 0.25) is 0 Å². The summed E-state index contributed by atoms with van der Waals surface area (Å²) in [4.78, 5) is 62.9. The molecular formula is C42H53N7O8S. The average Bonchev–Trinajstić information content (AvgIpc) is 3.81. The van der Waals surface area contributed by atoms with Gasteiger partial charge in [0.15, 0.2) is 5.65 Å². The Hall–Kier alpha value is -4.73. The molecule has 0 bridgehead atoms. The third kappa shape index (κ3) is 7.87. The van der Waals surface area contributed by atoms with Crippen molar-refractivity contribution in [2.45, 2.75) is 150 Å². The van der Waals surface area contributed by atoms with Crippen LogP contribution in [-0.2, 0) is 29.1 Å². The number of carbonyl (C=O) groups excluding carboxylic acids is 4. The number of nitrogens with one attached hydrogen (secondary N) is 3. The van der Waals surface area contributed by atoms with E-state index in [-0.39, 0.29) is 31.4 Å². The number of nitrogens with zero attached hydrogens (tertiary/aromatic N) is 4. The fourth-order valence-corrected chi connectivity index (χ4v) is 10.9. The molecule has 4 heterocycles. The molecule has 4 amide bonds. The molecule has 3 N–H and O–H groups in total. The topological polar surface area (TPSA) is 190 Å². The molecule has 310 valence electrons. The highest BCUT2D eigenvalue weighted by Gasteiger charge is 2.62. The third-order valence-electron chi connectivity index (χ3n) is 13.0. The van der Waals surface area contributed by atoms with Crippen molar-refractivity contribution in [2.75, 3.05) is 6.54 Å². The number of rotatable bonds is 8. The lowest BCUT2D eigenvalue weighted by atomic mass is 10.0. The van der Waals surface area contributed by atoms with Gasteiger partial charge in [-0.15, -0.1) is 0 Å². The molecule has 15 nitrogen and oxygen atoms in total. The lowest BCUT2D eigenvalue weighted by molar-refractivity contribution is -0.141. The van der Waals surface area contributed by atoms with Crippen LogP contribution >= 0.6 is 0 Å². The number of hydrogen-bond donors (Lipinski definition) is 3. The summed E-state index contributed by atoms with van der Waals surface area (Å²) in [7, 11) is -3.89. The van der Waals surface area contributed by atoms with Crippen molar-refractivity contribution in [2.24, 2.45) is 5.92 Å². The van der Waals surface area contributed by atoms with E-state index in [0.717, 1.165) is 80.8 Å². The minimum atomic E-state index is -3.89. The van der Waals surface area contributed by atoms with E-state index in [2.05, 4.69) is 15.4 Å². The first kappa shape index (κ1) is 38.8. The van der Waals surface area contributed by atoms with Gasteiger partial charge in [-0.25, -0.2) is 18.2 Å².